The van der Waals surface area contributed by atoms with Crippen LogP contribution in [0, 0.1) is 5.92 Å². The Morgan fingerprint density at radius 1 is 1.44 bits per heavy atom. The standard InChI is InChI=1S/C13H19BrO2/c1-9(2)13(3,15)8-10-5-6-12(16-4)11(14)7-10/h5-7,9,15H,8H2,1-4H3. The molecule has 1 rings (SSSR count). The molecule has 0 aliphatic carbocycles. The van der Waals surface area contributed by atoms with E-state index in [9.17, 15) is 5.11 Å². The minimum absolute atomic E-state index is 0.230. The normalized spacial score (nSPS) is 14.9. The molecule has 0 heterocycles. The van der Waals surface area contributed by atoms with E-state index in [0.717, 1.165) is 15.8 Å². The Labute approximate surface area is 106 Å². The number of ether oxygens (including phenoxy) is 1. The highest BCUT2D eigenvalue weighted by molar-refractivity contribution is 9.10. The molecular weight excluding hydrogens is 268 g/mol. The van der Waals surface area contributed by atoms with E-state index < -0.39 is 5.60 Å². The van der Waals surface area contributed by atoms with Gasteiger partial charge in [0.15, 0.2) is 0 Å². The second-order valence-corrected chi connectivity index (χ2v) is 5.51. The number of hydrogen-bond donors (Lipinski definition) is 1. The first-order chi connectivity index (χ1) is 7.36. The van der Waals surface area contributed by atoms with E-state index in [-0.39, 0.29) is 5.92 Å². The van der Waals surface area contributed by atoms with Crippen LogP contribution in [0.25, 0.3) is 0 Å². The van der Waals surface area contributed by atoms with E-state index in [1.165, 1.54) is 0 Å². The molecule has 0 radical (unpaired) electrons. The second-order valence-electron chi connectivity index (χ2n) is 4.66. The molecule has 3 heteroatoms. The predicted molar refractivity (Wildman–Crippen MR) is 69.9 cm³/mol. The van der Waals surface area contributed by atoms with Gasteiger partial charge in [-0.05, 0) is 46.5 Å². The van der Waals surface area contributed by atoms with Gasteiger partial charge in [0.2, 0.25) is 0 Å². The van der Waals surface area contributed by atoms with Gasteiger partial charge in [0.05, 0.1) is 17.2 Å². The Kier molecular flexibility index (Phi) is 4.39. The first-order valence-electron chi connectivity index (χ1n) is 5.41. The third-order valence-corrected chi connectivity index (χ3v) is 3.64. The van der Waals surface area contributed by atoms with Gasteiger partial charge in [-0.3, -0.25) is 0 Å². The van der Waals surface area contributed by atoms with Crippen molar-refractivity contribution in [3.05, 3.63) is 28.2 Å². The van der Waals surface area contributed by atoms with Crippen molar-refractivity contribution < 1.29 is 9.84 Å². The van der Waals surface area contributed by atoms with Gasteiger partial charge < -0.3 is 9.84 Å². The summed E-state index contributed by atoms with van der Waals surface area (Å²) in [5, 5.41) is 10.2. The zero-order chi connectivity index (χ0) is 12.3. The molecule has 0 fully saturated rings. The largest absolute Gasteiger partial charge is 0.496 e. The van der Waals surface area contributed by atoms with Crippen molar-refractivity contribution in [2.45, 2.75) is 32.8 Å². The molecule has 0 aliphatic rings. The Morgan fingerprint density at radius 3 is 2.50 bits per heavy atom. The SMILES string of the molecule is COc1ccc(CC(C)(O)C(C)C)cc1Br. The Balaban J connectivity index is 2.87. The maximum Gasteiger partial charge on any atom is 0.133 e. The number of methoxy groups -OCH3 is 1. The third-order valence-electron chi connectivity index (χ3n) is 3.02. The molecule has 1 aromatic rings. The number of benzene rings is 1. The van der Waals surface area contributed by atoms with Gasteiger partial charge in [-0.2, -0.15) is 0 Å². The fraction of sp³-hybridized carbons (Fsp3) is 0.538. The van der Waals surface area contributed by atoms with E-state index in [2.05, 4.69) is 15.9 Å². The monoisotopic (exact) mass is 286 g/mol. The maximum atomic E-state index is 10.2. The number of rotatable bonds is 4. The van der Waals surface area contributed by atoms with Crippen LogP contribution in [0.15, 0.2) is 22.7 Å². The lowest BCUT2D eigenvalue weighted by atomic mass is 9.86. The summed E-state index contributed by atoms with van der Waals surface area (Å²) in [7, 11) is 1.64. The summed E-state index contributed by atoms with van der Waals surface area (Å²) in [6.45, 7) is 5.92. The highest BCUT2D eigenvalue weighted by atomic mass is 79.9. The second kappa shape index (κ2) is 5.19. The van der Waals surface area contributed by atoms with Crippen molar-refractivity contribution >= 4 is 15.9 Å². The van der Waals surface area contributed by atoms with Crippen LogP contribution < -0.4 is 4.74 Å². The molecule has 1 unspecified atom stereocenters. The number of hydrogen-bond acceptors (Lipinski definition) is 2. The summed E-state index contributed by atoms with van der Waals surface area (Å²) in [5.41, 5.74) is 0.431. The van der Waals surface area contributed by atoms with Crippen LogP contribution in [0.3, 0.4) is 0 Å². The first-order valence-corrected chi connectivity index (χ1v) is 6.21. The molecule has 0 amide bonds. The first kappa shape index (κ1) is 13.5. The van der Waals surface area contributed by atoms with Crippen molar-refractivity contribution in [3.63, 3.8) is 0 Å². The number of aliphatic hydroxyl groups is 1. The summed E-state index contributed by atoms with van der Waals surface area (Å²) < 4.78 is 6.09. The fourth-order valence-corrected chi connectivity index (χ4v) is 2.03. The van der Waals surface area contributed by atoms with E-state index in [1.807, 2.05) is 39.0 Å². The molecule has 0 aromatic heterocycles. The molecule has 90 valence electrons. The van der Waals surface area contributed by atoms with Crippen LogP contribution in [-0.4, -0.2) is 17.8 Å². The summed E-state index contributed by atoms with van der Waals surface area (Å²) in [5.74, 6) is 1.04. The summed E-state index contributed by atoms with van der Waals surface area (Å²) >= 11 is 3.45. The maximum absolute atomic E-state index is 10.2. The van der Waals surface area contributed by atoms with Crippen LogP contribution in [0.5, 0.6) is 5.75 Å². The van der Waals surface area contributed by atoms with E-state index in [4.69, 9.17) is 4.74 Å². The minimum Gasteiger partial charge on any atom is -0.496 e. The zero-order valence-electron chi connectivity index (χ0n) is 10.2. The fourth-order valence-electron chi connectivity index (χ4n) is 1.44. The molecule has 0 bridgehead atoms. The van der Waals surface area contributed by atoms with Gasteiger partial charge in [0, 0.05) is 6.42 Å². The van der Waals surface area contributed by atoms with Crippen molar-refractivity contribution in [1.82, 2.24) is 0 Å². The van der Waals surface area contributed by atoms with Crippen molar-refractivity contribution in [1.29, 1.82) is 0 Å². The molecule has 2 nitrogen and oxygen atoms in total. The lowest BCUT2D eigenvalue weighted by molar-refractivity contribution is 0.0139. The molecule has 1 atom stereocenters. The van der Waals surface area contributed by atoms with Crippen LogP contribution in [0.1, 0.15) is 26.3 Å². The van der Waals surface area contributed by atoms with Gasteiger partial charge in [0.1, 0.15) is 5.75 Å². The molecule has 16 heavy (non-hydrogen) atoms. The molecule has 0 spiro atoms. The smallest absolute Gasteiger partial charge is 0.133 e. The van der Waals surface area contributed by atoms with Crippen molar-refractivity contribution in [2.24, 2.45) is 5.92 Å². The van der Waals surface area contributed by atoms with Crippen LogP contribution in [0.4, 0.5) is 0 Å². The molecule has 1 aromatic carbocycles. The topological polar surface area (TPSA) is 29.5 Å². The van der Waals surface area contributed by atoms with Gasteiger partial charge >= 0.3 is 0 Å². The molecule has 0 aliphatic heterocycles. The van der Waals surface area contributed by atoms with E-state index in [1.54, 1.807) is 7.11 Å². The van der Waals surface area contributed by atoms with Gasteiger partial charge in [-0.15, -0.1) is 0 Å². The van der Waals surface area contributed by atoms with E-state index in [0.29, 0.717) is 6.42 Å². The average molecular weight is 287 g/mol. The molecule has 1 N–H and O–H groups in total. The molecule has 0 saturated heterocycles. The molecular formula is C13H19BrO2. The number of halogens is 1. The molecule has 0 saturated carbocycles. The van der Waals surface area contributed by atoms with Crippen molar-refractivity contribution in [2.75, 3.05) is 7.11 Å². The van der Waals surface area contributed by atoms with Gasteiger partial charge in [-0.25, -0.2) is 0 Å². The minimum atomic E-state index is -0.673. The Hall–Kier alpha value is -0.540. The van der Waals surface area contributed by atoms with E-state index >= 15 is 0 Å². The quantitative estimate of drug-likeness (QED) is 0.919. The Bertz CT molecular complexity index is 359. The highest BCUT2D eigenvalue weighted by Gasteiger charge is 2.25. The highest BCUT2D eigenvalue weighted by Crippen LogP contribution is 2.28. The lowest BCUT2D eigenvalue weighted by Crippen LogP contribution is -2.33. The summed E-state index contributed by atoms with van der Waals surface area (Å²) in [6.07, 6.45) is 0.646. The summed E-state index contributed by atoms with van der Waals surface area (Å²) in [6, 6.07) is 5.89. The zero-order valence-corrected chi connectivity index (χ0v) is 11.8. The van der Waals surface area contributed by atoms with Crippen LogP contribution >= 0.6 is 15.9 Å². The third kappa shape index (κ3) is 3.22. The van der Waals surface area contributed by atoms with Crippen LogP contribution in [0.2, 0.25) is 0 Å². The summed E-state index contributed by atoms with van der Waals surface area (Å²) in [4.78, 5) is 0. The van der Waals surface area contributed by atoms with Gasteiger partial charge in [-0.1, -0.05) is 19.9 Å². The lowest BCUT2D eigenvalue weighted by Gasteiger charge is -2.27. The van der Waals surface area contributed by atoms with Gasteiger partial charge in [0.25, 0.3) is 0 Å². The van der Waals surface area contributed by atoms with Crippen molar-refractivity contribution in [3.8, 4) is 5.75 Å². The Morgan fingerprint density at radius 2 is 2.06 bits per heavy atom. The average Bonchev–Trinajstić information content (AvgIpc) is 2.17. The van der Waals surface area contributed by atoms with Crippen LogP contribution in [-0.2, 0) is 6.42 Å². The predicted octanol–water partition coefficient (Wildman–Crippen LogP) is 3.41.